The van der Waals surface area contributed by atoms with Gasteiger partial charge in [-0.25, -0.2) is 9.69 Å². The molecule has 2 aliphatic heterocycles. The summed E-state index contributed by atoms with van der Waals surface area (Å²) in [5.74, 6) is 0.993. The standard InChI is InChI=1S/C33H35N3O4/c1-5-18-40-27-17-16-22(19-28(27)39-7-3)24-20-35-32(38)36(26-15-11-8-12-21(26)6-2)31(37)33(35,4)30-29(24)23-13-9-10-14-25(23)34-30/h8-17,19,24,34H,5-7,18,20H2,1-4H3/t24-,33-/m0/s1. The lowest BCUT2D eigenvalue weighted by atomic mass is 9.78. The van der Waals surface area contributed by atoms with Crippen molar-refractivity contribution in [1.29, 1.82) is 0 Å². The second-order valence-electron chi connectivity index (χ2n) is 10.6. The molecule has 2 aliphatic rings. The van der Waals surface area contributed by atoms with Crippen molar-refractivity contribution in [2.24, 2.45) is 0 Å². The molecule has 4 aromatic rings. The van der Waals surface area contributed by atoms with Crippen molar-refractivity contribution < 1.29 is 19.1 Å². The highest BCUT2D eigenvalue weighted by Gasteiger charge is 2.60. The number of carbonyl (C=O) groups excluding carboxylic acids is 2. The third-order valence-corrected chi connectivity index (χ3v) is 8.27. The molecule has 0 saturated carbocycles. The minimum atomic E-state index is -1.16. The molecule has 3 aromatic carbocycles. The Labute approximate surface area is 234 Å². The van der Waals surface area contributed by atoms with Crippen molar-refractivity contribution in [2.75, 3.05) is 24.7 Å². The van der Waals surface area contributed by atoms with Crippen molar-refractivity contribution in [2.45, 2.75) is 52.0 Å². The number of aromatic amines is 1. The quantitative estimate of drug-likeness (QED) is 0.252. The molecule has 2 atom stereocenters. The smallest absolute Gasteiger partial charge is 0.332 e. The number of hydrogen-bond acceptors (Lipinski definition) is 4. The van der Waals surface area contributed by atoms with Crippen LogP contribution in [0.15, 0.2) is 66.7 Å². The van der Waals surface area contributed by atoms with Crippen molar-refractivity contribution in [3.05, 3.63) is 89.1 Å². The van der Waals surface area contributed by atoms with E-state index in [0.717, 1.165) is 46.1 Å². The predicted molar refractivity (Wildman–Crippen MR) is 156 cm³/mol. The fourth-order valence-electron chi connectivity index (χ4n) is 6.27. The van der Waals surface area contributed by atoms with Gasteiger partial charge in [0.1, 0.15) is 0 Å². The molecular weight excluding hydrogens is 502 g/mol. The number of imide groups is 1. The third kappa shape index (κ3) is 3.79. The zero-order valence-electron chi connectivity index (χ0n) is 23.5. The first-order valence-electron chi connectivity index (χ1n) is 14.2. The lowest BCUT2D eigenvalue weighted by Crippen LogP contribution is -2.50. The summed E-state index contributed by atoms with van der Waals surface area (Å²) in [6, 6.07) is 21.5. The maximum Gasteiger partial charge on any atom is 0.332 e. The summed E-state index contributed by atoms with van der Waals surface area (Å²) >= 11 is 0. The van der Waals surface area contributed by atoms with Gasteiger partial charge in [0.15, 0.2) is 17.0 Å². The minimum absolute atomic E-state index is 0.170. The van der Waals surface area contributed by atoms with Crippen molar-refractivity contribution in [3.8, 4) is 11.5 Å². The maximum atomic E-state index is 14.3. The number of fused-ring (bicyclic) bond motifs is 5. The predicted octanol–water partition coefficient (Wildman–Crippen LogP) is 6.75. The number of para-hydroxylation sites is 2. The minimum Gasteiger partial charge on any atom is -0.490 e. The molecule has 206 valence electrons. The molecule has 6 rings (SSSR count). The molecule has 1 aromatic heterocycles. The highest BCUT2D eigenvalue weighted by Crippen LogP contribution is 2.51. The highest BCUT2D eigenvalue weighted by atomic mass is 16.5. The van der Waals surface area contributed by atoms with E-state index in [9.17, 15) is 9.59 Å². The van der Waals surface area contributed by atoms with Gasteiger partial charge < -0.3 is 19.4 Å². The second-order valence-corrected chi connectivity index (χ2v) is 10.6. The lowest BCUT2D eigenvalue weighted by Gasteiger charge is -2.40. The van der Waals surface area contributed by atoms with Gasteiger partial charge >= 0.3 is 6.03 Å². The number of benzene rings is 3. The van der Waals surface area contributed by atoms with Gasteiger partial charge in [-0.3, -0.25) is 4.79 Å². The fraction of sp³-hybridized carbons (Fsp3) is 0.333. The Morgan fingerprint density at radius 2 is 1.73 bits per heavy atom. The number of aryl methyl sites for hydroxylation is 1. The third-order valence-electron chi connectivity index (χ3n) is 8.27. The van der Waals surface area contributed by atoms with Crippen LogP contribution in [0.3, 0.4) is 0 Å². The van der Waals surface area contributed by atoms with Crippen LogP contribution in [-0.4, -0.2) is 41.6 Å². The molecule has 0 spiro atoms. The Hall–Kier alpha value is -4.26. The van der Waals surface area contributed by atoms with Crippen molar-refractivity contribution >= 4 is 28.5 Å². The summed E-state index contributed by atoms with van der Waals surface area (Å²) in [7, 11) is 0. The van der Waals surface area contributed by atoms with E-state index in [2.05, 4.69) is 24.0 Å². The van der Waals surface area contributed by atoms with Crippen LogP contribution in [0.5, 0.6) is 11.5 Å². The molecule has 0 aliphatic carbocycles. The van der Waals surface area contributed by atoms with E-state index < -0.39 is 5.54 Å². The first-order chi connectivity index (χ1) is 19.4. The molecular formula is C33H35N3O4. The Bertz CT molecular complexity index is 1610. The van der Waals surface area contributed by atoms with Gasteiger partial charge in [-0.05, 0) is 67.6 Å². The number of anilines is 1. The van der Waals surface area contributed by atoms with E-state index in [1.165, 1.54) is 4.90 Å². The van der Waals surface area contributed by atoms with E-state index in [-0.39, 0.29) is 17.9 Å². The fourth-order valence-corrected chi connectivity index (χ4v) is 6.27. The molecule has 40 heavy (non-hydrogen) atoms. The summed E-state index contributed by atoms with van der Waals surface area (Å²) in [6.45, 7) is 9.42. The summed E-state index contributed by atoms with van der Waals surface area (Å²) in [5, 5.41) is 1.06. The van der Waals surface area contributed by atoms with Crippen LogP contribution in [0.2, 0.25) is 0 Å². The van der Waals surface area contributed by atoms with Crippen LogP contribution in [0.4, 0.5) is 10.5 Å². The molecule has 1 saturated heterocycles. The van der Waals surface area contributed by atoms with Gasteiger partial charge in [0.25, 0.3) is 5.91 Å². The van der Waals surface area contributed by atoms with E-state index in [1.54, 1.807) is 4.90 Å². The van der Waals surface area contributed by atoms with Crippen LogP contribution in [-0.2, 0) is 16.8 Å². The Balaban J connectivity index is 1.53. The molecule has 0 bridgehead atoms. The Kier molecular flexibility index (Phi) is 6.53. The van der Waals surface area contributed by atoms with E-state index in [1.807, 2.05) is 75.4 Å². The molecule has 1 N–H and O–H groups in total. The van der Waals surface area contributed by atoms with Crippen LogP contribution < -0.4 is 14.4 Å². The number of carbonyl (C=O) groups is 2. The molecule has 0 unspecified atom stereocenters. The zero-order valence-corrected chi connectivity index (χ0v) is 23.5. The lowest BCUT2D eigenvalue weighted by molar-refractivity contribution is -0.125. The average Bonchev–Trinajstić information content (AvgIpc) is 3.46. The number of rotatable bonds is 8. The van der Waals surface area contributed by atoms with Crippen molar-refractivity contribution in [3.63, 3.8) is 0 Å². The summed E-state index contributed by atoms with van der Waals surface area (Å²) in [5.41, 5.74) is 4.23. The summed E-state index contributed by atoms with van der Waals surface area (Å²) < 4.78 is 12.0. The van der Waals surface area contributed by atoms with Gasteiger partial charge in [-0.2, -0.15) is 0 Å². The Morgan fingerprint density at radius 3 is 2.50 bits per heavy atom. The van der Waals surface area contributed by atoms with Gasteiger partial charge in [0.2, 0.25) is 0 Å². The number of H-pyrrole nitrogens is 1. The Morgan fingerprint density at radius 1 is 0.950 bits per heavy atom. The number of hydrogen-bond donors (Lipinski definition) is 1. The van der Waals surface area contributed by atoms with Gasteiger partial charge in [-0.1, -0.05) is 56.3 Å². The molecule has 0 radical (unpaired) electrons. The normalized spacial score (nSPS) is 20.1. The van der Waals surface area contributed by atoms with Crippen LogP contribution in [0.25, 0.3) is 10.9 Å². The van der Waals surface area contributed by atoms with E-state index in [4.69, 9.17) is 9.47 Å². The van der Waals surface area contributed by atoms with E-state index >= 15 is 0 Å². The van der Waals surface area contributed by atoms with Gasteiger partial charge in [-0.15, -0.1) is 0 Å². The van der Waals surface area contributed by atoms with Crippen LogP contribution in [0, 0.1) is 0 Å². The van der Waals surface area contributed by atoms with E-state index in [0.29, 0.717) is 36.9 Å². The molecule has 1 fully saturated rings. The molecule has 7 nitrogen and oxygen atoms in total. The summed E-state index contributed by atoms with van der Waals surface area (Å²) in [6.07, 6.45) is 1.62. The number of nitrogens with one attached hydrogen (secondary N) is 1. The molecule has 3 amide bonds. The van der Waals surface area contributed by atoms with Crippen LogP contribution >= 0.6 is 0 Å². The topological polar surface area (TPSA) is 74.9 Å². The number of nitrogens with zero attached hydrogens (tertiary/aromatic N) is 2. The zero-order chi connectivity index (χ0) is 28.0. The first kappa shape index (κ1) is 26.0. The van der Waals surface area contributed by atoms with Crippen LogP contribution in [0.1, 0.15) is 62.4 Å². The molecule has 7 heteroatoms. The number of urea groups is 1. The summed E-state index contributed by atoms with van der Waals surface area (Å²) in [4.78, 5) is 35.1. The molecule has 3 heterocycles. The number of ether oxygens (including phenoxy) is 2. The number of aromatic nitrogens is 1. The first-order valence-corrected chi connectivity index (χ1v) is 14.2. The van der Waals surface area contributed by atoms with Gasteiger partial charge in [0.05, 0.1) is 24.6 Å². The number of amides is 3. The SMILES string of the molecule is CCCOc1ccc([C@@H]2CN3C(=O)N(c4ccccc4CC)C(=O)[C@]3(C)c3[nH]c4ccccc4c32)cc1OCC. The van der Waals surface area contributed by atoms with Crippen molar-refractivity contribution in [1.82, 2.24) is 9.88 Å². The second kappa shape index (κ2) is 10.0. The highest BCUT2D eigenvalue weighted by molar-refractivity contribution is 6.24. The monoisotopic (exact) mass is 537 g/mol. The average molecular weight is 538 g/mol. The largest absolute Gasteiger partial charge is 0.490 e. The van der Waals surface area contributed by atoms with Gasteiger partial charge in [0, 0.05) is 23.4 Å². The maximum absolute atomic E-state index is 14.3.